The van der Waals surface area contributed by atoms with E-state index in [0.29, 0.717) is 6.54 Å². The van der Waals surface area contributed by atoms with E-state index in [0.717, 1.165) is 18.5 Å². The lowest BCUT2D eigenvalue weighted by Crippen LogP contribution is -2.35. The van der Waals surface area contributed by atoms with Crippen LogP contribution >= 0.6 is 0 Å². The zero-order valence-corrected chi connectivity index (χ0v) is 13.3. The van der Waals surface area contributed by atoms with Gasteiger partial charge in [0.25, 0.3) is 5.91 Å². The molecule has 2 rings (SSSR count). The minimum absolute atomic E-state index is 0.209. The third-order valence-electron chi connectivity index (χ3n) is 3.46. The molecule has 0 aliphatic rings. The molecule has 23 heavy (non-hydrogen) atoms. The zero-order valence-electron chi connectivity index (χ0n) is 13.3. The molecule has 1 amide bonds. The SMILES string of the molecule is CC(=O)OCC(=O)N(CCCc1ccccc1)c1ccccc1. The number of anilines is 1. The Bertz CT molecular complexity index is 626. The van der Waals surface area contributed by atoms with Gasteiger partial charge in [-0.2, -0.15) is 0 Å². The van der Waals surface area contributed by atoms with Gasteiger partial charge < -0.3 is 9.64 Å². The van der Waals surface area contributed by atoms with Crippen molar-refractivity contribution in [1.82, 2.24) is 0 Å². The molecular weight excluding hydrogens is 290 g/mol. The molecule has 4 heteroatoms. The highest BCUT2D eigenvalue weighted by Gasteiger charge is 2.16. The lowest BCUT2D eigenvalue weighted by molar-refractivity contribution is -0.145. The van der Waals surface area contributed by atoms with Crippen molar-refractivity contribution in [3.63, 3.8) is 0 Å². The Kier molecular flexibility index (Phi) is 6.36. The number of nitrogens with zero attached hydrogens (tertiary/aromatic N) is 1. The molecule has 0 saturated heterocycles. The van der Waals surface area contributed by atoms with Gasteiger partial charge in [0.2, 0.25) is 0 Å². The number of rotatable bonds is 7. The van der Waals surface area contributed by atoms with Gasteiger partial charge in [0, 0.05) is 19.2 Å². The second-order valence-corrected chi connectivity index (χ2v) is 5.25. The Morgan fingerprint density at radius 2 is 1.57 bits per heavy atom. The summed E-state index contributed by atoms with van der Waals surface area (Å²) in [6, 6.07) is 19.6. The monoisotopic (exact) mass is 311 g/mol. The second kappa shape index (κ2) is 8.73. The van der Waals surface area contributed by atoms with Gasteiger partial charge >= 0.3 is 5.97 Å². The Labute approximate surface area is 136 Å². The van der Waals surface area contributed by atoms with Gasteiger partial charge in [-0.05, 0) is 30.5 Å². The van der Waals surface area contributed by atoms with Crippen molar-refractivity contribution in [2.75, 3.05) is 18.1 Å². The fourth-order valence-electron chi connectivity index (χ4n) is 2.33. The molecular formula is C19H21NO3. The van der Waals surface area contributed by atoms with Crippen LogP contribution in [0.15, 0.2) is 60.7 Å². The number of benzene rings is 2. The number of carbonyl (C=O) groups excluding carboxylic acids is 2. The minimum atomic E-state index is -0.448. The van der Waals surface area contributed by atoms with E-state index in [9.17, 15) is 9.59 Å². The summed E-state index contributed by atoms with van der Waals surface area (Å²) >= 11 is 0. The lowest BCUT2D eigenvalue weighted by Gasteiger charge is -2.22. The zero-order chi connectivity index (χ0) is 16.5. The van der Waals surface area contributed by atoms with E-state index in [1.165, 1.54) is 12.5 Å². The second-order valence-electron chi connectivity index (χ2n) is 5.25. The third kappa shape index (κ3) is 5.58. The van der Waals surface area contributed by atoms with E-state index in [1.807, 2.05) is 48.5 Å². The molecule has 0 aliphatic heterocycles. The Morgan fingerprint density at radius 3 is 2.17 bits per heavy atom. The summed E-state index contributed by atoms with van der Waals surface area (Å²) in [5.41, 5.74) is 2.06. The summed E-state index contributed by atoms with van der Waals surface area (Å²) in [7, 11) is 0. The van der Waals surface area contributed by atoms with Crippen molar-refractivity contribution >= 4 is 17.6 Å². The molecule has 0 aromatic heterocycles. The summed E-state index contributed by atoms with van der Waals surface area (Å²) in [4.78, 5) is 24.9. The molecule has 0 radical (unpaired) electrons. The van der Waals surface area contributed by atoms with Crippen LogP contribution in [0.5, 0.6) is 0 Å². The van der Waals surface area contributed by atoms with Crippen molar-refractivity contribution in [2.24, 2.45) is 0 Å². The predicted molar refractivity (Wildman–Crippen MR) is 90.2 cm³/mol. The van der Waals surface area contributed by atoms with Crippen LogP contribution in [-0.4, -0.2) is 25.0 Å². The highest BCUT2D eigenvalue weighted by molar-refractivity contribution is 5.95. The van der Waals surface area contributed by atoms with Crippen LogP contribution < -0.4 is 4.90 Å². The molecule has 0 unspecified atom stereocenters. The van der Waals surface area contributed by atoms with Crippen molar-refractivity contribution in [3.8, 4) is 0 Å². The summed E-state index contributed by atoms with van der Waals surface area (Å²) in [6.07, 6.45) is 1.73. The summed E-state index contributed by atoms with van der Waals surface area (Å²) in [6.45, 7) is 1.66. The van der Waals surface area contributed by atoms with E-state index >= 15 is 0 Å². The van der Waals surface area contributed by atoms with Crippen LogP contribution in [0.25, 0.3) is 0 Å². The number of ether oxygens (including phenoxy) is 1. The van der Waals surface area contributed by atoms with E-state index < -0.39 is 5.97 Å². The van der Waals surface area contributed by atoms with E-state index in [1.54, 1.807) is 4.90 Å². The number of hydrogen-bond acceptors (Lipinski definition) is 3. The Hall–Kier alpha value is -2.62. The first-order chi connectivity index (χ1) is 11.2. The normalized spacial score (nSPS) is 10.1. The molecule has 0 aliphatic carbocycles. The van der Waals surface area contributed by atoms with Crippen LogP contribution in [0.2, 0.25) is 0 Å². The molecule has 2 aromatic rings. The van der Waals surface area contributed by atoms with Crippen molar-refractivity contribution in [2.45, 2.75) is 19.8 Å². The van der Waals surface area contributed by atoms with Crippen LogP contribution in [0.4, 0.5) is 5.69 Å². The first kappa shape index (κ1) is 16.7. The number of esters is 1. The molecule has 0 N–H and O–H groups in total. The molecule has 2 aromatic carbocycles. The maximum absolute atomic E-state index is 12.3. The van der Waals surface area contributed by atoms with Gasteiger partial charge in [0.1, 0.15) is 0 Å². The number of para-hydroxylation sites is 1. The largest absolute Gasteiger partial charge is 0.456 e. The Balaban J connectivity index is 1.99. The third-order valence-corrected chi connectivity index (χ3v) is 3.46. The molecule has 0 bridgehead atoms. The summed E-state index contributed by atoms with van der Waals surface area (Å²) in [5.74, 6) is -0.657. The number of amides is 1. The minimum Gasteiger partial charge on any atom is -0.456 e. The quantitative estimate of drug-likeness (QED) is 0.738. The van der Waals surface area contributed by atoms with E-state index in [-0.39, 0.29) is 12.5 Å². The average Bonchev–Trinajstić information content (AvgIpc) is 2.58. The maximum Gasteiger partial charge on any atom is 0.303 e. The molecule has 0 fully saturated rings. The standard InChI is InChI=1S/C19H21NO3/c1-16(21)23-15-19(22)20(18-12-6-3-7-13-18)14-8-11-17-9-4-2-5-10-17/h2-7,9-10,12-13H,8,11,14-15H2,1H3. The van der Waals surface area contributed by atoms with Crippen molar-refractivity contribution in [1.29, 1.82) is 0 Å². The lowest BCUT2D eigenvalue weighted by atomic mass is 10.1. The molecule has 120 valence electrons. The first-order valence-electron chi connectivity index (χ1n) is 7.69. The van der Waals surface area contributed by atoms with Gasteiger partial charge in [-0.15, -0.1) is 0 Å². The van der Waals surface area contributed by atoms with E-state index in [2.05, 4.69) is 12.1 Å². The van der Waals surface area contributed by atoms with Gasteiger partial charge in [0.05, 0.1) is 0 Å². The molecule has 0 atom stereocenters. The number of carbonyl (C=O) groups is 2. The van der Waals surface area contributed by atoms with Crippen molar-refractivity contribution < 1.29 is 14.3 Å². The maximum atomic E-state index is 12.3. The molecule has 0 spiro atoms. The molecule has 4 nitrogen and oxygen atoms in total. The van der Waals surface area contributed by atoms with Crippen LogP contribution in [0.3, 0.4) is 0 Å². The van der Waals surface area contributed by atoms with Crippen molar-refractivity contribution in [3.05, 3.63) is 66.2 Å². The van der Waals surface area contributed by atoms with Gasteiger partial charge in [0.15, 0.2) is 6.61 Å². The Morgan fingerprint density at radius 1 is 0.957 bits per heavy atom. The topological polar surface area (TPSA) is 46.6 Å². The highest BCUT2D eigenvalue weighted by Crippen LogP contribution is 2.15. The van der Waals surface area contributed by atoms with Crippen LogP contribution in [0.1, 0.15) is 18.9 Å². The van der Waals surface area contributed by atoms with Crippen LogP contribution in [0, 0.1) is 0 Å². The number of hydrogen-bond donors (Lipinski definition) is 0. The molecule has 0 saturated carbocycles. The van der Waals surface area contributed by atoms with Gasteiger partial charge in [-0.25, -0.2) is 0 Å². The predicted octanol–water partition coefficient (Wildman–Crippen LogP) is 3.22. The molecule has 0 heterocycles. The van der Waals surface area contributed by atoms with E-state index in [4.69, 9.17) is 4.74 Å². The smallest absolute Gasteiger partial charge is 0.303 e. The first-order valence-corrected chi connectivity index (χ1v) is 7.69. The van der Waals surface area contributed by atoms with Gasteiger partial charge in [-0.1, -0.05) is 48.5 Å². The van der Waals surface area contributed by atoms with Gasteiger partial charge in [-0.3, -0.25) is 9.59 Å². The fourth-order valence-corrected chi connectivity index (χ4v) is 2.33. The average molecular weight is 311 g/mol. The summed E-state index contributed by atoms with van der Waals surface area (Å²) < 4.78 is 4.84. The summed E-state index contributed by atoms with van der Waals surface area (Å²) in [5, 5.41) is 0. The number of aryl methyl sites for hydroxylation is 1. The highest BCUT2D eigenvalue weighted by atomic mass is 16.5. The van der Waals surface area contributed by atoms with Crippen LogP contribution in [-0.2, 0) is 20.7 Å². The fraction of sp³-hybridized carbons (Fsp3) is 0.263.